The SMILES string of the molecule is Cc1sc(NC(=O)C2=CCCCO2)c(C(N)=O)c1-c1ccccc1. The predicted molar refractivity (Wildman–Crippen MR) is 94.9 cm³/mol. The predicted octanol–water partition coefficient (Wildman–Crippen LogP) is 3.46. The van der Waals surface area contributed by atoms with Crippen LogP contribution in [0, 0.1) is 6.92 Å². The normalized spacial score (nSPS) is 13.8. The quantitative estimate of drug-likeness (QED) is 0.893. The maximum atomic E-state index is 12.3. The van der Waals surface area contributed by atoms with Crippen LogP contribution < -0.4 is 11.1 Å². The minimum atomic E-state index is -0.563. The second-order valence-corrected chi connectivity index (χ2v) is 6.71. The van der Waals surface area contributed by atoms with E-state index in [0.717, 1.165) is 28.8 Å². The molecule has 124 valence electrons. The number of nitrogens with two attached hydrogens (primary N) is 1. The zero-order valence-electron chi connectivity index (χ0n) is 13.3. The van der Waals surface area contributed by atoms with Crippen molar-refractivity contribution in [2.45, 2.75) is 19.8 Å². The lowest BCUT2D eigenvalue weighted by Crippen LogP contribution is -2.21. The number of primary amides is 1. The van der Waals surface area contributed by atoms with Gasteiger partial charge in [-0.25, -0.2) is 0 Å². The largest absolute Gasteiger partial charge is 0.488 e. The second kappa shape index (κ2) is 6.88. The molecule has 0 fully saturated rings. The highest BCUT2D eigenvalue weighted by Crippen LogP contribution is 2.39. The molecule has 6 heteroatoms. The Morgan fingerprint density at radius 3 is 2.62 bits per heavy atom. The molecule has 1 aliphatic rings. The topological polar surface area (TPSA) is 81.4 Å². The maximum Gasteiger partial charge on any atom is 0.291 e. The third kappa shape index (κ3) is 3.19. The number of nitrogens with one attached hydrogen (secondary N) is 1. The highest BCUT2D eigenvalue weighted by atomic mass is 32.1. The summed E-state index contributed by atoms with van der Waals surface area (Å²) >= 11 is 1.34. The maximum absolute atomic E-state index is 12.3. The van der Waals surface area contributed by atoms with Gasteiger partial charge in [-0.3, -0.25) is 9.59 Å². The zero-order chi connectivity index (χ0) is 17.1. The summed E-state index contributed by atoms with van der Waals surface area (Å²) in [5.41, 5.74) is 7.59. The number of hydrogen-bond acceptors (Lipinski definition) is 4. The first-order chi connectivity index (χ1) is 11.6. The van der Waals surface area contributed by atoms with Crippen LogP contribution in [0.3, 0.4) is 0 Å². The van der Waals surface area contributed by atoms with E-state index in [1.54, 1.807) is 6.08 Å². The van der Waals surface area contributed by atoms with Gasteiger partial charge in [0.1, 0.15) is 5.00 Å². The molecule has 0 radical (unpaired) electrons. The molecule has 0 bridgehead atoms. The third-order valence-electron chi connectivity index (χ3n) is 3.78. The molecule has 0 saturated heterocycles. The van der Waals surface area contributed by atoms with Crippen molar-refractivity contribution >= 4 is 28.2 Å². The zero-order valence-corrected chi connectivity index (χ0v) is 14.1. The van der Waals surface area contributed by atoms with Crippen LogP contribution >= 0.6 is 11.3 Å². The van der Waals surface area contributed by atoms with Crippen LogP contribution in [-0.4, -0.2) is 18.4 Å². The Labute approximate surface area is 144 Å². The molecule has 0 unspecified atom stereocenters. The van der Waals surface area contributed by atoms with Gasteiger partial charge >= 0.3 is 0 Å². The summed E-state index contributed by atoms with van der Waals surface area (Å²) in [6.07, 6.45) is 3.48. The molecule has 1 aromatic heterocycles. The number of carbonyl (C=O) groups excluding carboxylic acids is 2. The minimum Gasteiger partial charge on any atom is -0.488 e. The highest BCUT2D eigenvalue weighted by molar-refractivity contribution is 7.17. The summed E-state index contributed by atoms with van der Waals surface area (Å²) in [6.45, 7) is 2.44. The van der Waals surface area contributed by atoms with E-state index in [-0.39, 0.29) is 5.91 Å². The lowest BCUT2D eigenvalue weighted by atomic mass is 10.0. The molecule has 0 aliphatic carbocycles. The highest BCUT2D eigenvalue weighted by Gasteiger charge is 2.24. The fourth-order valence-corrected chi connectivity index (χ4v) is 3.78. The lowest BCUT2D eigenvalue weighted by Gasteiger charge is -2.14. The average Bonchev–Trinajstić information content (AvgIpc) is 2.92. The number of allylic oxidation sites excluding steroid dienone is 1. The minimum absolute atomic E-state index is 0.295. The van der Waals surface area contributed by atoms with Crippen molar-refractivity contribution in [2.75, 3.05) is 11.9 Å². The fraction of sp³-hybridized carbons (Fsp3) is 0.222. The van der Waals surface area contributed by atoms with Gasteiger partial charge < -0.3 is 15.8 Å². The number of thiophene rings is 1. The molecule has 2 amide bonds. The van der Waals surface area contributed by atoms with Gasteiger partial charge in [0, 0.05) is 10.4 Å². The van der Waals surface area contributed by atoms with Crippen LogP contribution in [0.2, 0.25) is 0 Å². The summed E-state index contributed by atoms with van der Waals surface area (Å²) in [4.78, 5) is 25.3. The van der Waals surface area contributed by atoms with Gasteiger partial charge in [0.15, 0.2) is 5.76 Å². The molecule has 3 N–H and O–H groups in total. The first-order valence-electron chi connectivity index (χ1n) is 7.71. The average molecular weight is 342 g/mol. The van der Waals surface area contributed by atoms with Gasteiger partial charge in [-0.1, -0.05) is 30.3 Å². The number of rotatable bonds is 4. The molecule has 0 saturated carbocycles. The smallest absolute Gasteiger partial charge is 0.291 e. The number of hydrogen-bond donors (Lipinski definition) is 2. The molecule has 1 aliphatic heterocycles. The standard InChI is InChI=1S/C18H18N2O3S/c1-11-14(12-7-3-2-4-8-12)15(16(19)21)18(24-11)20-17(22)13-9-5-6-10-23-13/h2-4,7-9H,5-6,10H2,1H3,(H2,19,21)(H,20,22). The first kappa shape index (κ1) is 16.3. The third-order valence-corrected chi connectivity index (χ3v) is 4.80. The van der Waals surface area contributed by atoms with Crippen molar-refractivity contribution < 1.29 is 14.3 Å². The van der Waals surface area contributed by atoms with E-state index >= 15 is 0 Å². The number of anilines is 1. The molecule has 3 rings (SSSR count). The van der Waals surface area contributed by atoms with Crippen LogP contribution in [-0.2, 0) is 9.53 Å². The molecular weight excluding hydrogens is 324 g/mol. The van der Waals surface area contributed by atoms with Gasteiger partial charge in [0.05, 0.1) is 12.2 Å². The van der Waals surface area contributed by atoms with Gasteiger partial charge in [0.25, 0.3) is 11.8 Å². The Morgan fingerprint density at radius 2 is 2.00 bits per heavy atom. The fourth-order valence-electron chi connectivity index (χ4n) is 2.70. The lowest BCUT2D eigenvalue weighted by molar-refractivity contribution is -0.116. The summed E-state index contributed by atoms with van der Waals surface area (Å²) in [6, 6.07) is 9.54. The van der Waals surface area contributed by atoms with E-state index in [4.69, 9.17) is 10.5 Å². The van der Waals surface area contributed by atoms with Gasteiger partial charge in [-0.2, -0.15) is 0 Å². The van der Waals surface area contributed by atoms with Crippen molar-refractivity contribution in [2.24, 2.45) is 5.73 Å². The molecule has 5 nitrogen and oxygen atoms in total. The van der Waals surface area contributed by atoms with E-state index < -0.39 is 5.91 Å². The van der Waals surface area contributed by atoms with Crippen LogP contribution in [0.25, 0.3) is 11.1 Å². The second-order valence-electron chi connectivity index (χ2n) is 5.48. The molecule has 2 aromatic rings. The van der Waals surface area contributed by atoms with E-state index in [9.17, 15) is 9.59 Å². The first-order valence-corrected chi connectivity index (χ1v) is 8.52. The Morgan fingerprint density at radius 1 is 1.25 bits per heavy atom. The van der Waals surface area contributed by atoms with Crippen LogP contribution in [0.15, 0.2) is 42.2 Å². The summed E-state index contributed by atoms with van der Waals surface area (Å²) in [5.74, 6) is -0.617. The van der Waals surface area contributed by atoms with E-state index in [1.807, 2.05) is 37.3 Å². The van der Waals surface area contributed by atoms with Crippen molar-refractivity contribution in [1.29, 1.82) is 0 Å². The summed E-state index contributed by atoms with van der Waals surface area (Å²) in [7, 11) is 0. The van der Waals surface area contributed by atoms with E-state index in [0.29, 0.717) is 22.9 Å². The Balaban J connectivity index is 1.98. The molecular formula is C18H18N2O3S. The Bertz CT molecular complexity index is 809. The van der Waals surface area contributed by atoms with Crippen molar-refractivity contribution in [3.63, 3.8) is 0 Å². The number of ether oxygens (including phenoxy) is 1. The number of carbonyl (C=O) groups is 2. The molecule has 0 spiro atoms. The van der Waals surface area contributed by atoms with E-state index in [2.05, 4.69) is 5.32 Å². The van der Waals surface area contributed by atoms with E-state index in [1.165, 1.54) is 11.3 Å². The molecule has 0 atom stereocenters. The van der Waals surface area contributed by atoms with Gasteiger partial charge in [-0.15, -0.1) is 11.3 Å². The van der Waals surface area contributed by atoms with Crippen LogP contribution in [0.4, 0.5) is 5.00 Å². The Kier molecular flexibility index (Phi) is 4.66. The van der Waals surface area contributed by atoms with Gasteiger partial charge in [-0.05, 0) is 31.4 Å². The van der Waals surface area contributed by atoms with Crippen molar-refractivity contribution in [1.82, 2.24) is 0 Å². The number of aryl methyl sites for hydroxylation is 1. The molecule has 1 aromatic carbocycles. The van der Waals surface area contributed by atoms with Crippen molar-refractivity contribution in [3.8, 4) is 11.1 Å². The van der Waals surface area contributed by atoms with Gasteiger partial charge in [0.2, 0.25) is 0 Å². The monoisotopic (exact) mass is 342 g/mol. The van der Waals surface area contributed by atoms with Crippen LogP contribution in [0.5, 0.6) is 0 Å². The molecule has 2 heterocycles. The number of benzene rings is 1. The summed E-state index contributed by atoms with van der Waals surface area (Å²) in [5, 5.41) is 3.24. The van der Waals surface area contributed by atoms with Crippen molar-refractivity contribution in [3.05, 3.63) is 52.6 Å². The summed E-state index contributed by atoms with van der Waals surface area (Å²) < 4.78 is 5.37. The number of amides is 2. The molecule has 24 heavy (non-hydrogen) atoms. The van der Waals surface area contributed by atoms with Crippen LogP contribution in [0.1, 0.15) is 28.1 Å². The Hall–Kier alpha value is -2.60.